The van der Waals surface area contributed by atoms with Crippen LogP contribution in [-0.2, 0) is 17.1 Å². The van der Waals surface area contributed by atoms with Gasteiger partial charge in [0.1, 0.15) is 0 Å². The molecule has 0 amide bonds. The molecule has 0 fully saturated rings. The number of rotatable bonds is 0. The Labute approximate surface area is 101 Å². The molecule has 0 unspecified atom stereocenters. The van der Waals surface area contributed by atoms with Crippen LogP contribution in [-0.4, -0.2) is 86.0 Å². The first kappa shape index (κ1) is 27.1. The van der Waals surface area contributed by atoms with Gasteiger partial charge in [0.25, 0.3) is 0 Å². The molecule has 0 aromatic heterocycles. The van der Waals surface area contributed by atoms with Crippen molar-refractivity contribution in [3.05, 3.63) is 0 Å². The molecule has 0 aromatic rings. The van der Waals surface area contributed by atoms with E-state index in [0.29, 0.717) is 0 Å². The molecule has 0 nitrogen and oxygen atoms in total. The zero-order valence-corrected chi connectivity index (χ0v) is 7.66. The van der Waals surface area contributed by atoms with Crippen molar-refractivity contribution in [1.82, 2.24) is 0 Å². The smallest absolute Gasteiger partial charge is 0 e. The Bertz CT molecular complexity index is 8.00. The predicted octanol–water partition coefficient (Wildman–Crippen LogP) is -3.55. The Balaban J connectivity index is 0. The van der Waals surface area contributed by atoms with Crippen molar-refractivity contribution < 1.29 is 17.1 Å². The van der Waals surface area contributed by atoms with Crippen molar-refractivity contribution in [3.8, 4) is 0 Å². The van der Waals surface area contributed by atoms with Crippen molar-refractivity contribution in [2.24, 2.45) is 0 Å². The molecule has 0 saturated heterocycles. The third-order valence-electron chi connectivity index (χ3n) is 0. The minimum Gasteiger partial charge on any atom is -0.0149 e. The van der Waals surface area contributed by atoms with Crippen LogP contribution in [0.3, 0.4) is 0 Å². The molecule has 0 bridgehead atoms. The summed E-state index contributed by atoms with van der Waals surface area (Å²) in [7, 11) is 0. The Morgan fingerprint density at radius 2 is 1.00 bits per heavy atom. The third kappa shape index (κ3) is 8.95. The van der Waals surface area contributed by atoms with Crippen LogP contribution in [0.25, 0.3) is 0 Å². The zero-order chi connectivity index (χ0) is 0. The fourth-order valence-electron chi connectivity index (χ4n) is 0. The van der Waals surface area contributed by atoms with Crippen molar-refractivity contribution in [1.29, 1.82) is 0 Å². The largest absolute Gasteiger partial charge is 0.0149 e. The van der Waals surface area contributed by atoms with Gasteiger partial charge in [-0.05, 0) is 11.0 Å². The van der Waals surface area contributed by atoms with E-state index in [1.807, 2.05) is 0 Å². The maximum Gasteiger partial charge on any atom is 0 e. The predicted molar refractivity (Wildman–Crippen MR) is 29.8 cm³/mol. The van der Waals surface area contributed by atoms with Crippen LogP contribution in [0.4, 0.5) is 0 Å². The summed E-state index contributed by atoms with van der Waals surface area (Å²) in [5.74, 6) is 0. The fourth-order valence-corrected chi connectivity index (χ4v) is 0. The number of hydrogen-bond acceptors (Lipinski definition) is 0. The zero-order valence-electron chi connectivity index (χ0n) is 1.06. The molecule has 0 aliphatic heterocycles. The monoisotopic (exact) mass is 440 g/mol. The van der Waals surface area contributed by atoms with Gasteiger partial charge in [0.15, 0.2) is 0 Å². The van der Waals surface area contributed by atoms with Gasteiger partial charge in [-0.2, -0.15) is 0 Å². The quantitative estimate of drug-likeness (QED) is 0.343. The van der Waals surface area contributed by atoms with E-state index in [9.17, 15) is 0 Å². The summed E-state index contributed by atoms with van der Waals surface area (Å²) in [6.07, 6.45) is 0. The molecule has 0 aliphatic carbocycles. The van der Waals surface area contributed by atoms with E-state index in [-0.39, 0.29) is 103 Å². The second-order valence-corrected chi connectivity index (χ2v) is 0. The Morgan fingerprint density at radius 3 is 1.00 bits per heavy atom. The Hall–Kier alpha value is 3.19. The molecule has 4 heteroatoms. The first-order chi connectivity index (χ1) is 0. The van der Waals surface area contributed by atoms with Gasteiger partial charge in [-0.15, -0.1) is 0 Å². The molecule has 0 spiro atoms. The van der Waals surface area contributed by atoms with Gasteiger partial charge in [-0.1, -0.05) is 0 Å². The van der Waals surface area contributed by atoms with Gasteiger partial charge in [-0.3, -0.25) is 0 Å². The van der Waals surface area contributed by atoms with Crippen molar-refractivity contribution in [3.63, 3.8) is 0 Å². The normalized spacial score (nSPS) is 0. The van der Waals surface area contributed by atoms with Crippen LogP contribution >= 0.6 is 0 Å². The molecule has 4 heavy (non-hydrogen) atoms. The van der Waals surface area contributed by atoms with E-state index >= 15 is 0 Å². The van der Waals surface area contributed by atoms with Crippen molar-refractivity contribution in [2.75, 3.05) is 0 Å². The minimum absolute atomic E-state index is 0. The summed E-state index contributed by atoms with van der Waals surface area (Å²) in [6.45, 7) is 0. The summed E-state index contributed by atoms with van der Waals surface area (Å²) in [5, 5.41) is 0. The van der Waals surface area contributed by atoms with Crippen LogP contribution in [0.5, 0.6) is 0 Å². The van der Waals surface area contributed by atoms with Crippen LogP contribution in [0.2, 0.25) is 0 Å². The van der Waals surface area contributed by atoms with E-state index in [1.54, 1.807) is 0 Å². The summed E-state index contributed by atoms with van der Waals surface area (Å²) < 4.78 is 0. The molecule has 28 valence electrons. The van der Waals surface area contributed by atoms with Crippen LogP contribution in [0.1, 0.15) is 0 Å². The van der Waals surface area contributed by atoms with E-state index in [2.05, 4.69) is 0 Å². The van der Waals surface area contributed by atoms with Crippen LogP contribution in [0.15, 0.2) is 0 Å². The SMILES string of the molecule is [BaH2].[BiH3].[Fe].[SiH4]. The molecule has 0 N–H and O–H groups in total. The molecular weight excluding hydrogens is 430 g/mol. The first-order valence-electron chi connectivity index (χ1n) is 0. The molecule has 0 aliphatic rings. The maximum atomic E-state index is 0. The van der Waals surface area contributed by atoms with Crippen LogP contribution in [0, 0.1) is 0 Å². The van der Waals surface area contributed by atoms with Crippen molar-refractivity contribution >= 4 is 86.0 Å². The number of hydrogen-bond donors (Lipinski definition) is 0. The average Bonchev–Trinajstić information content (AvgIpc) is 0. The first-order valence-corrected chi connectivity index (χ1v) is 0. The second kappa shape index (κ2) is 16.4. The van der Waals surface area contributed by atoms with Gasteiger partial charge in [-0.25, -0.2) is 0 Å². The van der Waals surface area contributed by atoms with Gasteiger partial charge in [0.05, 0.1) is 0 Å². The average molecular weight is 439 g/mol. The van der Waals surface area contributed by atoms with Crippen LogP contribution < -0.4 is 0 Å². The summed E-state index contributed by atoms with van der Waals surface area (Å²) in [5.41, 5.74) is 0. The van der Waals surface area contributed by atoms with Gasteiger partial charge in [0, 0.05) is 17.1 Å². The van der Waals surface area contributed by atoms with E-state index in [4.69, 9.17) is 0 Å². The molecule has 0 saturated carbocycles. The van der Waals surface area contributed by atoms with E-state index < -0.39 is 0 Å². The summed E-state index contributed by atoms with van der Waals surface area (Å²) >= 11 is 0. The molecule has 0 rings (SSSR count). The molecular formula is H9BaBiFeSi. The molecule has 0 atom stereocenters. The molecule has 0 radical (unpaired) electrons. The minimum atomic E-state index is 0. The summed E-state index contributed by atoms with van der Waals surface area (Å²) in [6, 6.07) is 0. The van der Waals surface area contributed by atoms with Gasteiger partial charge in [0.2, 0.25) is 0 Å². The molecule has 0 aromatic carbocycles. The maximum absolute atomic E-state index is 0. The van der Waals surface area contributed by atoms with E-state index in [0.717, 1.165) is 0 Å². The Kier molecular flexibility index (Phi) is 111. The fraction of sp³-hybridized carbons (Fsp3) is 0. The molecule has 0 heterocycles. The van der Waals surface area contributed by atoms with Gasteiger partial charge >= 0.3 is 75.1 Å². The van der Waals surface area contributed by atoms with Crippen molar-refractivity contribution in [2.45, 2.75) is 0 Å². The topological polar surface area (TPSA) is 0 Å². The third-order valence-corrected chi connectivity index (χ3v) is 0. The standard InChI is InChI=1S/Ba.Bi.Fe.H4Si.5H/h;;;1H4;;;;;. The van der Waals surface area contributed by atoms with E-state index in [1.165, 1.54) is 0 Å². The summed E-state index contributed by atoms with van der Waals surface area (Å²) in [4.78, 5) is 0. The van der Waals surface area contributed by atoms with Gasteiger partial charge < -0.3 is 0 Å². The second-order valence-electron chi connectivity index (χ2n) is 0. The Morgan fingerprint density at radius 1 is 1.00 bits per heavy atom.